The van der Waals surface area contributed by atoms with Gasteiger partial charge < -0.3 is 15.0 Å². The standard InChI is InChI=1S/C25H33F6N3O2/c1-17(35)2-7-23(36)32-21-5-3-18(4-6-21)8-9-33-10-12-34(13-11-33)22-15-19(24(26,27)28)14-20(16-22)25(29,30)31/h14-16,18,21H,2-13H2,1H3,(H,32,36)/t18-,21-. The zero-order valence-electron chi connectivity index (χ0n) is 20.4. The molecule has 202 valence electrons. The molecule has 0 aromatic heterocycles. The van der Waals surface area contributed by atoms with Crippen LogP contribution in [-0.4, -0.2) is 55.4 Å². The first-order valence-corrected chi connectivity index (χ1v) is 12.4. The molecule has 5 nitrogen and oxygen atoms in total. The second-order valence-corrected chi connectivity index (χ2v) is 9.87. The Hall–Kier alpha value is -2.30. The first kappa shape index (κ1) is 28.3. The highest BCUT2D eigenvalue weighted by Crippen LogP contribution is 2.38. The van der Waals surface area contributed by atoms with Crippen LogP contribution >= 0.6 is 0 Å². The fourth-order valence-corrected chi connectivity index (χ4v) is 4.90. The van der Waals surface area contributed by atoms with E-state index in [9.17, 15) is 35.9 Å². The number of Topliss-reactive ketones (excluding diaryl/α,β-unsaturated/α-hetero) is 1. The van der Waals surface area contributed by atoms with Crippen LogP contribution in [0, 0.1) is 5.92 Å². The van der Waals surface area contributed by atoms with Gasteiger partial charge in [-0.15, -0.1) is 0 Å². The van der Waals surface area contributed by atoms with Crippen molar-refractivity contribution in [2.24, 2.45) is 5.92 Å². The van der Waals surface area contributed by atoms with Crippen LogP contribution in [0.5, 0.6) is 0 Å². The third-order valence-electron chi connectivity index (χ3n) is 7.08. The summed E-state index contributed by atoms with van der Waals surface area (Å²) in [7, 11) is 0. The lowest BCUT2D eigenvalue weighted by atomic mass is 9.84. The van der Waals surface area contributed by atoms with Gasteiger partial charge >= 0.3 is 12.4 Å². The van der Waals surface area contributed by atoms with Crippen molar-refractivity contribution in [3.63, 3.8) is 0 Å². The number of anilines is 1. The third kappa shape index (κ3) is 8.38. The summed E-state index contributed by atoms with van der Waals surface area (Å²) >= 11 is 0. The highest BCUT2D eigenvalue weighted by Gasteiger charge is 2.37. The van der Waals surface area contributed by atoms with Crippen LogP contribution in [0.25, 0.3) is 0 Å². The van der Waals surface area contributed by atoms with Crippen LogP contribution < -0.4 is 10.2 Å². The van der Waals surface area contributed by atoms with E-state index in [0.717, 1.165) is 50.8 Å². The maximum Gasteiger partial charge on any atom is 0.416 e. The summed E-state index contributed by atoms with van der Waals surface area (Å²) < 4.78 is 79.0. The number of nitrogens with one attached hydrogen (secondary N) is 1. The molecule has 0 atom stereocenters. The van der Waals surface area contributed by atoms with E-state index < -0.39 is 23.5 Å². The molecule has 2 aliphatic rings. The van der Waals surface area contributed by atoms with E-state index in [1.165, 1.54) is 6.92 Å². The molecule has 1 amide bonds. The second-order valence-electron chi connectivity index (χ2n) is 9.87. The lowest BCUT2D eigenvalue weighted by Gasteiger charge is -2.37. The summed E-state index contributed by atoms with van der Waals surface area (Å²) in [6, 6.07) is 1.88. The van der Waals surface area contributed by atoms with Gasteiger partial charge in [0.25, 0.3) is 0 Å². The summed E-state index contributed by atoms with van der Waals surface area (Å²) in [5.74, 6) is 0.427. The molecule has 1 aromatic carbocycles. The molecule has 1 N–H and O–H groups in total. The van der Waals surface area contributed by atoms with E-state index in [1.54, 1.807) is 4.90 Å². The van der Waals surface area contributed by atoms with Crippen molar-refractivity contribution in [3.05, 3.63) is 29.3 Å². The minimum absolute atomic E-state index is 0.00410. The average Bonchev–Trinajstić information content (AvgIpc) is 2.81. The Morgan fingerprint density at radius 1 is 0.861 bits per heavy atom. The SMILES string of the molecule is CC(=O)CCC(=O)N[C@H]1CC[C@H](CCN2CCN(c3cc(C(F)(F)F)cc(C(F)(F)F)c3)CC2)CC1. The number of hydrogen-bond donors (Lipinski definition) is 1. The van der Waals surface area contributed by atoms with Crippen LogP contribution in [0.3, 0.4) is 0 Å². The van der Waals surface area contributed by atoms with Crippen molar-refractivity contribution in [1.82, 2.24) is 10.2 Å². The molecular weight excluding hydrogens is 488 g/mol. The van der Waals surface area contributed by atoms with Gasteiger partial charge in [-0.3, -0.25) is 9.69 Å². The number of ketones is 1. The number of piperazine rings is 1. The number of benzene rings is 1. The van der Waals surface area contributed by atoms with Gasteiger partial charge in [0, 0.05) is 50.7 Å². The maximum atomic E-state index is 13.2. The molecule has 1 aliphatic heterocycles. The molecule has 0 unspecified atom stereocenters. The van der Waals surface area contributed by atoms with Crippen molar-refractivity contribution in [1.29, 1.82) is 0 Å². The quantitative estimate of drug-likeness (QED) is 0.473. The summed E-state index contributed by atoms with van der Waals surface area (Å²) in [6.45, 7) is 4.14. The molecule has 3 rings (SSSR count). The molecule has 1 aliphatic carbocycles. The fourth-order valence-electron chi connectivity index (χ4n) is 4.90. The Morgan fingerprint density at radius 3 is 1.92 bits per heavy atom. The molecule has 36 heavy (non-hydrogen) atoms. The van der Waals surface area contributed by atoms with E-state index in [0.29, 0.717) is 32.1 Å². The molecule has 0 radical (unpaired) electrons. The fraction of sp³-hybridized carbons (Fsp3) is 0.680. The van der Waals surface area contributed by atoms with E-state index in [1.807, 2.05) is 0 Å². The van der Waals surface area contributed by atoms with E-state index in [4.69, 9.17) is 0 Å². The molecule has 1 saturated carbocycles. The number of carbonyl (C=O) groups is 2. The number of alkyl halides is 6. The predicted octanol–water partition coefficient (Wildman–Crippen LogP) is 5.28. The summed E-state index contributed by atoms with van der Waals surface area (Å²) in [4.78, 5) is 26.7. The van der Waals surface area contributed by atoms with Crippen LogP contribution in [0.2, 0.25) is 0 Å². The number of hydrogen-bond acceptors (Lipinski definition) is 4. The lowest BCUT2D eigenvalue weighted by Crippen LogP contribution is -2.47. The molecule has 1 saturated heterocycles. The minimum Gasteiger partial charge on any atom is -0.369 e. The van der Waals surface area contributed by atoms with Gasteiger partial charge in [0.2, 0.25) is 5.91 Å². The van der Waals surface area contributed by atoms with Crippen LogP contribution in [-0.2, 0) is 21.9 Å². The van der Waals surface area contributed by atoms with Gasteiger partial charge in [-0.25, -0.2) is 0 Å². The Morgan fingerprint density at radius 2 is 1.42 bits per heavy atom. The van der Waals surface area contributed by atoms with Gasteiger partial charge in [-0.05, 0) is 69.7 Å². The molecular formula is C25H33F6N3O2. The summed E-state index contributed by atoms with van der Waals surface area (Å²) in [5.41, 5.74) is -2.64. The highest BCUT2D eigenvalue weighted by molar-refractivity contribution is 5.83. The Labute approximate surface area is 207 Å². The van der Waals surface area contributed by atoms with Crippen molar-refractivity contribution >= 4 is 17.4 Å². The normalized spacial score (nSPS) is 21.9. The predicted molar refractivity (Wildman–Crippen MR) is 124 cm³/mol. The van der Waals surface area contributed by atoms with Gasteiger partial charge in [0.1, 0.15) is 5.78 Å². The van der Waals surface area contributed by atoms with Gasteiger partial charge in [0.15, 0.2) is 0 Å². The first-order chi connectivity index (χ1) is 16.8. The number of carbonyl (C=O) groups excluding carboxylic acids is 2. The van der Waals surface area contributed by atoms with Crippen molar-refractivity contribution < 1.29 is 35.9 Å². The van der Waals surface area contributed by atoms with Gasteiger partial charge in [-0.1, -0.05) is 0 Å². The maximum absolute atomic E-state index is 13.2. The van der Waals surface area contributed by atoms with Gasteiger partial charge in [0.05, 0.1) is 11.1 Å². The lowest BCUT2D eigenvalue weighted by molar-refractivity contribution is -0.143. The van der Waals surface area contributed by atoms with Crippen molar-refractivity contribution in [3.8, 4) is 0 Å². The molecule has 11 heteroatoms. The Balaban J connectivity index is 1.44. The van der Waals surface area contributed by atoms with E-state index in [-0.39, 0.29) is 42.3 Å². The van der Waals surface area contributed by atoms with Gasteiger partial charge in [-0.2, -0.15) is 26.3 Å². The monoisotopic (exact) mass is 521 g/mol. The molecule has 1 heterocycles. The second kappa shape index (κ2) is 11.8. The number of amides is 1. The summed E-state index contributed by atoms with van der Waals surface area (Å²) in [6.07, 6.45) is -4.51. The number of rotatable bonds is 8. The largest absolute Gasteiger partial charge is 0.416 e. The molecule has 0 bridgehead atoms. The zero-order valence-corrected chi connectivity index (χ0v) is 20.4. The molecule has 2 fully saturated rings. The van der Waals surface area contributed by atoms with Crippen LogP contribution in [0.15, 0.2) is 18.2 Å². The van der Waals surface area contributed by atoms with Crippen molar-refractivity contribution in [2.75, 3.05) is 37.6 Å². The zero-order chi connectivity index (χ0) is 26.5. The highest BCUT2D eigenvalue weighted by atomic mass is 19.4. The first-order valence-electron chi connectivity index (χ1n) is 12.4. The van der Waals surface area contributed by atoms with E-state index in [2.05, 4.69) is 10.2 Å². The Kier molecular flexibility index (Phi) is 9.29. The third-order valence-corrected chi connectivity index (χ3v) is 7.08. The molecule has 1 aromatic rings. The average molecular weight is 522 g/mol. The van der Waals surface area contributed by atoms with Crippen molar-refractivity contribution in [2.45, 2.75) is 70.3 Å². The number of halogens is 6. The topological polar surface area (TPSA) is 52.7 Å². The van der Waals surface area contributed by atoms with Crippen LogP contribution in [0.4, 0.5) is 32.0 Å². The minimum atomic E-state index is -4.85. The smallest absolute Gasteiger partial charge is 0.369 e. The Bertz CT molecular complexity index is 870. The van der Waals surface area contributed by atoms with E-state index >= 15 is 0 Å². The molecule has 0 spiro atoms. The number of nitrogens with zero attached hydrogens (tertiary/aromatic N) is 2. The summed E-state index contributed by atoms with van der Waals surface area (Å²) in [5, 5.41) is 3.00. The van der Waals surface area contributed by atoms with Crippen LogP contribution in [0.1, 0.15) is 63.0 Å².